The van der Waals surface area contributed by atoms with E-state index in [1.165, 1.54) is 12.4 Å². The molecule has 4 amide bonds. The number of alkyl halides is 1. The van der Waals surface area contributed by atoms with Crippen LogP contribution in [0.4, 0.5) is 22.7 Å². The number of aromatic amines is 3. The summed E-state index contributed by atoms with van der Waals surface area (Å²) in [4.78, 5) is 62.6. The highest BCUT2D eigenvalue weighted by Gasteiger charge is 2.22. The first-order chi connectivity index (χ1) is 22.9. The normalized spacial score (nSPS) is 10.8. The lowest BCUT2D eigenvalue weighted by Gasteiger charge is -2.23. The van der Waals surface area contributed by atoms with Crippen LogP contribution in [0, 0.1) is 26.2 Å². The number of carbonyl (C=O) groups excluding carboxylic acids is 4. The van der Waals surface area contributed by atoms with E-state index in [9.17, 15) is 19.2 Å². The predicted molar refractivity (Wildman–Crippen MR) is 189 cm³/mol. The molecule has 0 bridgehead atoms. The minimum absolute atomic E-state index is 0.0318. The number of nitrogens with zero attached hydrogens (tertiary/aromatic N) is 1. The van der Waals surface area contributed by atoms with E-state index < -0.39 is 11.8 Å². The first-order valence-electron chi connectivity index (χ1n) is 15.4. The summed E-state index contributed by atoms with van der Waals surface area (Å²) >= 11 is 5.94. The Kier molecular flexibility index (Phi) is 11.7. The zero-order chi connectivity index (χ0) is 35.0. The van der Waals surface area contributed by atoms with E-state index >= 15 is 0 Å². The maximum atomic E-state index is 13.2. The molecule has 254 valence electrons. The molecule has 0 saturated heterocycles. The van der Waals surface area contributed by atoms with Gasteiger partial charge in [-0.25, -0.2) is 0 Å². The molecule has 0 radical (unpaired) electrons. The molecule has 14 nitrogen and oxygen atoms in total. The Labute approximate surface area is 283 Å². The van der Waals surface area contributed by atoms with E-state index in [0.29, 0.717) is 51.7 Å². The molecule has 4 rings (SSSR count). The first kappa shape index (κ1) is 35.4. The van der Waals surface area contributed by atoms with E-state index in [0.717, 1.165) is 18.7 Å². The Bertz CT molecular complexity index is 1800. The maximum Gasteiger partial charge on any atom is 0.272 e. The number of amides is 4. The molecule has 1 aromatic carbocycles. The Morgan fingerprint density at radius 3 is 1.65 bits per heavy atom. The van der Waals surface area contributed by atoms with E-state index in [1.807, 2.05) is 12.1 Å². The van der Waals surface area contributed by atoms with Gasteiger partial charge in [-0.05, 0) is 51.5 Å². The van der Waals surface area contributed by atoms with Crippen LogP contribution in [0.3, 0.4) is 0 Å². The van der Waals surface area contributed by atoms with Gasteiger partial charge in [0.05, 0.1) is 22.9 Å². The second-order valence-corrected chi connectivity index (χ2v) is 11.6. The number of hydrogen-bond acceptors (Lipinski definition) is 6. The van der Waals surface area contributed by atoms with Crippen LogP contribution in [0.25, 0.3) is 0 Å². The van der Waals surface area contributed by atoms with Crippen molar-refractivity contribution in [2.75, 3.05) is 46.4 Å². The molecule has 3 aromatic heterocycles. The number of nitrogens with one attached hydrogen (secondary N) is 8. The van der Waals surface area contributed by atoms with Crippen molar-refractivity contribution in [3.05, 3.63) is 82.2 Å². The topological polar surface area (TPSA) is 217 Å². The molecule has 0 aliphatic heterocycles. The molecular formula is C33H41ClN10O4. The lowest BCUT2D eigenvalue weighted by Crippen LogP contribution is -2.28. The van der Waals surface area contributed by atoms with Gasteiger partial charge in [-0.2, -0.15) is 0 Å². The van der Waals surface area contributed by atoms with Gasteiger partial charge in [0.2, 0.25) is 0 Å². The third kappa shape index (κ3) is 8.25. The molecule has 0 saturated carbocycles. The Morgan fingerprint density at radius 2 is 1.21 bits per heavy atom. The van der Waals surface area contributed by atoms with Crippen LogP contribution in [0.15, 0.2) is 42.9 Å². The number of H-pyrrole nitrogens is 3. The molecule has 0 spiro atoms. The predicted octanol–water partition coefficient (Wildman–Crippen LogP) is 4.86. The number of rotatable bonds is 15. The molecule has 10 N–H and O–H groups in total. The molecule has 0 fully saturated rings. The third-order valence-corrected chi connectivity index (χ3v) is 8.04. The quantitative estimate of drug-likeness (QED) is 0.0486. The SMILES string of the molecule is CCCN(CCCl)c1ccc(C(=O)Nc2c[nH]c(C(=O)Nc3c[nH]c(C(=O)Nc4c[nH]c(C(=O)NCCC(=N)N)c4C)c3C)c2C)cc1. The van der Waals surface area contributed by atoms with Gasteiger partial charge in [0, 0.05) is 78.5 Å². The number of benzene rings is 1. The van der Waals surface area contributed by atoms with Crippen molar-refractivity contribution in [3.63, 3.8) is 0 Å². The van der Waals surface area contributed by atoms with Crippen molar-refractivity contribution < 1.29 is 19.2 Å². The van der Waals surface area contributed by atoms with Gasteiger partial charge in [-0.15, -0.1) is 11.6 Å². The van der Waals surface area contributed by atoms with Crippen LogP contribution in [-0.4, -0.2) is 69.9 Å². The second-order valence-electron chi connectivity index (χ2n) is 11.2. The number of amidine groups is 1. The Balaban J connectivity index is 1.37. The van der Waals surface area contributed by atoms with E-state index in [4.69, 9.17) is 22.7 Å². The Morgan fingerprint density at radius 1 is 0.750 bits per heavy atom. The summed E-state index contributed by atoms with van der Waals surface area (Å²) < 4.78 is 0. The lowest BCUT2D eigenvalue weighted by molar-refractivity contribution is 0.0947. The first-order valence-corrected chi connectivity index (χ1v) is 16.0. The summed E-state index contributed by atoms with van der Waals surface area (Å²) in [6, 6.07) is 7.30. The van der Waals surface area contributed by atoms with Gasteiger partial charge in [-0.1, -0.05) is 6.92 Å². The zero-order valence-electron chi connectivity index (χ0n) is 27.3. The van der Waals surface area contributed by atoms with Crippen molar-refractivity contribution in [2.24, 2.45) is 5.73 Å². The summed E-state index contributed by atoms with van der Waals surface area (Å²) in [6.07, 6.45) is 5.78. The molecule has 0 atom stereocenters. The smallest absolute Gasteiger partial charge is 0.272 e. The van der Waals surface area contributed by atoms with Gasteiger partial charge in [0.1, 0.15) is 17.1 Å². The number of halogens is 1. The lowest BCUT2D eigenvalue weighted by atomic mass is 10.1. The van der Waals surface area contributed by atoms with Crippen LogP contribution in [0.1, 0.15) is 78.3 Å². The van der Waals surface area contributed by atoms with E-state index in [2.05, 4.69) is 48.0 Å². The van der Waals surface area contributed by atoms with Crippen molar-refractivity contribution >= 4 is 63.8 Å². The highest BCUT2D eigenvalue weighted by molar-refractivity contribution is 6.18. The number of nitrogens with two attached hydrogens (primary N) is 1. The van der Waals surface area contributed by atoms with Crippen LogP contribution < -0.4 is 31.9 Å². The minimum atomic E-state index is -0.468. The van der Waals surface area contributed by atoms with Gasteiger partial charge in [-0.3, -0.25) is 24.6 Å². The summed E-state index contributed by atoms with van der Waals surface area (Å²) in [5.74, 6) is -1.15. The fraction of sp³-hybridized carbons (Fsp3) is 0.303. The zero-order valence-corrected chi connectivity index (χ0v) is 28.1. The van der Waals surface area contributed by atoms with Crippen molar-refractivity contribution in [1.29, 1.82) is 5.41 Å². The summed E-state index contributed by atoms with van der Waals surface area (Å²) in [7, 11) is 0. The van der Waals surface area contributed by atoms with Gasteiger partial charge in [0.15, 0.2) is 0 Å². The highest BCUT2D eigenvalue weighted by Crippen LogP contribution is 2.25. The fourth-order valence-electron chi connectivity index (χ4n) is 5.11. The van der Waals surface area contributed by atoms with Crippen molar-refractivity contribution in [3.8, 4) is 0 Å². The molecule has 15 heteroatoms. The largest absolute Gasteiger partial charge is 0.388 e. The number of anilines is 4. The van der Waals surface area contributed by atoms with E-state index in [1.54, 1.807) is 39.1 Å². The molecule has 48 heavy (non-hydrogen) atoms. The standard InChI is InChI=1S/C33H41ClN10O4/c1-5-13-44(14-11-34)22-8-6-21(7-9-22)30(45)41-23-15-39-28(19(23)3)32(47)43-25-17-40-29(20(25)4)33(48)42-24-16-38-27(18(24)2)31(46)37-12-10-26(35)36/h6-9,15-17,38-40H,5,10-14H2,1-4H3,(H3,35,36)(H,37,46)(H,41,45)(H,42,48)(H,43,47). The molecular weight excluding hydrogens is 636 g/mol. The van der Waals surface area contributed by atoms with Gasteiger partial charge in [0.25, 0.3) is 23.6 Å². The molecule has 4 aromatic rings. The average molecular weight is 677 g/mol. The fourth-order valence-corrected chi connectivity index (χ4v) is 5.32. The molecule has 0 unspecified atom stereocenters. The summed E-state index contributed by atoms with van der Waals surface area (Å²) in [6.45, 7) is 8.99. The van der Waals surface area contributed by atoms with Crippen LogP contribution in [0.2, 0.25) is 0 Å². The van der Waals surface area contributed by atoms with Crippen molar-refractivity contribution in [2.45, 2.75) is 40.5 Å². The van der Waals surface area contributed by atoms with Crippen molar-refractivity contribution in [1.82, 2.24) is 20.3 Å². The number of aromatic nitrogens is 3. The van der Waals surface area contributed by atoms with Crippen LogP contribution >= 0.6 is 11.6 Å². The number of carbonyl (C=O) groups is 4. The molecule has 0 aliphatic carbocycles. The van der Waals surface area contributed by atoms with Crippen LogP contribution in [-0.2, 0) is 0 Å². The average Bonchev–Trinajstić information content (AvgIpc) is 3.73. The van der Waals surface area contributed by atoms with E-state index in [-0.39, 0.29) is 47.7 Å². The monoisotopic (exact) mass is 676 g/mol. The minimum Gasteiger partial charge on any atom is -0.388 e. The summed E-state index contributed by atoms with van der Waals surface area (Å²) in [5, 5.41) is 18.4. The van der Waals surface area contributed by atoms with Crippen LogP contribution in [0.5, 0.6) is 0 Å². The summed E-state index contributed by atoms with van der Waals surface area (Å²) in [5.41, 5.74) is 10.4. The van der Waals surface area contributed by atoms with Gasteiger partial charge >= 0.3 is 0 Å². The second kappa shape index (κ2) is 15.9. The Hall–Kier alpha value is -5.50. The third-order valence-electron chi connectivity index (χ3n) is 7.87. The molecule has 3 heterocycles. The number of hydrogen-bond donors (Lipinski definition) is 9. The maximum absolute atomic E-state index is 13.2. The van der Waals surface area contributed by atoms with Gasteiger partial charge < -0.3 is 46.9 Å². The highest BCUT2D eigenvalue weighted by atomic mass is 35.5. The molecule has 0 aliphatic rings.